The third kappa shape index (κ3) is 2.58. The van der Waals surface area contributed by atoms with E-state index in [1.165, 1.54) is 23.1 Å². The molecule has 2 amide bonds. The van der Waals surface area contributed by atoms with Crippen LogP contribution >= 0.6 is 0 Å². The lowest BCUT2D eigenvalue weighted by Crippen LogP contribution is -2.40. The number of carbonyl (C=O) groups is 3. The minimum absolute atomic E-state index is 0.0291. The van der Waals surface area contributed by atoms with Crippen molar-refractivity contribution >= 4 is 27.8 Å². The second-order valence-corrected chi connectivity index (χ2v) is 8.19. The lowest BCUT2D eigenvalue weighted by molar-refractivity contribution is -0.141. The number of carboxylic acid groups (broad SMARTS) is 1. The van der Waals surface area contributed by atoms with Gasteiger partial charge in [-0.3, -0.25) is 9.59 Å². The fraction of sp³-hybridized carbons (Fsp3) is 0.438. The van der Waals surface area contributed by atoms with Gasteiger partial charge < -0.3 is 10.0 Å². The highest BCUT2D eigenvalue weighted by molar-refractivity contribution is 7.90. The SMILES string of the molecule is CC(C)N1C(=O)c2ccc(C(=O)N3CCC[C@H]3C(=O)O)cc2S1(=O)=O. The number of likely N-dealkylation sites (tertiary alicyclic amines) is 1. The minimum Gasteiger partial charge on any atom is -0.480 e. The molecule has 1 aromatic carbocycles. The van der Waals surface area contributed by atoms with Gasteiger partial charge in [-0.05, 0) is 44.9 Å². The minimum atomic E-state index is -4.01. The van der Waals surface area contributed by atoms with Gasteiger partial charge in [0, 0.05) is 18.2 Å². The second-order valence-electron chi connectivity index (χ2n) is 6.41. The summed E-state index contributed by atoms with van der Waals surface area (Å²) >= 11 is 0. The first-order valence-electron chi connectivity index (χ1n) is 7.93. The molecule has 8 nitrogen and oxygen atoms in total. The van der Waals surface area contributed by atoms with Gasteiger partial charge in [-0.25, -0.2) is 17.5 Å². The van der Waals surface area contributed by atoms with Crippen molar-refractivity contribution in [3.05, 3.63) is 29.3 Å². The second kappa shape index (κ2) is 5.83. The zero-order valence-corrected chi connectivity index (χ0v) is 14.6. The van der Waals surface area contributed by atoms with Crippen LogP contribution in [0.5, 0.6) is 0 Å². The van der Waals surface area contributed by atoms with Gasteiger partial charge in [0.15, 0.2) is 0 Å². The normalized spacial score (nSPS) is 21.7. The topological polar surface area (TPSA) is 112 Å². The first-order valence-corrected chi connectivity index (χ1v) is 9.37. The van der Waals surface area contributed by atoms with Crippen molar-refractivity contribution in [2.45, 2.75) is 43.7 Å². The summed E-state index contributed by atoms with van der Waals surface area (Å²) in [6.07, 6.45) is 0.940. The number of carbonyl (C=O) groups excluding carboxylic acids is 2. The summed E-state index contributed by atoms with van der Waals surface area (Å²) in [5, 5.41) is 9.21. The number of fused-ring (bicyclic) bond motifs is 1. The van der Waals surface area contributed by atoms with Crippen LogP contribution in [-0.2, 0) is 14.8 Å². The third-order valence-corrected chi connectivity index (χ3v) is 6.46. The standard InChI is InChI=1S/C16H18N2O6S/c1-9(2)18-15(20)11-6-5-10(8-13(11)25(18,23)24)14(19)17-7-3-4-12(17)16(21)22/h5-6,8-9,12H,3-4,7H2,1-2H3,(H,21,22)/t12-/m0/s1. The molecule has 0 spiro atoms. The van der Waals surface area contributed by atoms with Crippen LogP contribution in [0.2, 0.25) is 0 Å². The molecule has 0 unspecified atom stereocenters. The average Bonchev–Trinajstić information content (AvgIpc) is 3.09. The average molecular weight is 366 g/mol. The molecule has 1 fully saturated rings. The molecule has 0 bridgehead atoms. The van der Waals surface area contributed by atoms with E-state index in [0.29, 0.717) is 19.4 Å². The first kappa shape index (κ1) is 17.4. The Labute approximate surface area is 145 Å². The van der Waals surface area contributed by atoms with Crippen LogP contribution in [0.15, 0.2) is 23.1 Å². The lowest BCUT2D eigenvalue weighted by atomic mass is 10.1. The van der Waals surface area contributed by atoms with Crippen LogP contribution < -0.4 is 0 Å². The Kier molecular flexibility index (Phi) is 4.06. The zero-order chi connectivity index (χ0) is 18.5. The number of amides is 2. The van der Waals surface area contributed by atoms with Gasteiger partial charge in [0.1, 0.15) is 10.9 Å². The molecule has 2 aliphatic rings. The predicted octanol–water partition coefficient (Wildman–Crippen LogP) is 0.929. The highest BCUT2D eigenvalue weighted by Gasteiger charge is 2.43. The third-order valence-electron chi connectivity index (χ3n) is 4.46. The molecule has 0 saturated carbocycles. The largest absolute Gasteiger partial charge is 0.480 e. The molecule has 0 aliphatic carbocycles. The van der Waals surface area contributed by atoms with Crippen molar-refractivity contribution in [1.82, 2.24) is 9.21 Å². The van der Waals surface area contributed by atoms with E-state index in [-0.39, 0.29) is 16.0 Å². The quantitative estimate of drug-likeness (QED) is 0.852. The number of hydrogen-bond donors (Lipinski definition) is 1. The van der Waals surface area contributed by atoms with Crippen molar-refractivity contribution in [3.63, 3.8) is 0 Å². The Morgan fingerprint density at radius 3 is 2.56 bits per heavy atom. The van der Waals surface area contributed by atoms with Gasteiger partial charge in [0.05, 0.1) is 5.56 Å². The number of hydrogen-bond acceptors (Lipinski definition) is 5. The van der Waals surface area contributed by atoms with E-state index >= 15 is 0 Å². The van der Waals surface area contributed by atoms with E-state index in [1.54, 1.807) is 13.8 Å². The summed E-state index contributed by atoms with van der Waals surface area (Å²) in [7, 11) is -4.01. The molecule has 3 rings (SSSR count). The molecule has 9 heteroatoms. The number of carboxylic acids is 1. The fourth-order valence-electron chi connectivity index (χ4n) is 3.32. The first-order chi connectivity index (χ1) is 11.7. The van der Waals surface area contributed by atoms with Gasteiger partial charge in [0.2, 0.25) is 0 Å². The van der Waals surface area contributed by atoms with Gasteiger partial charge in [-0.1, -0.05) is 0 Å². The van der Waals surface area contributed by atoms with Crippen LogP contribution in [0, 0.1) is 0 Å². The number of benzene rings is 1. The molecule has 1 saturated heterocycles. The summed E-state index contributed by atoms with van der Waals surface area (Å²) in [5.74, 6) is -2.24. The van der Waals surface area contributed by atoms with Gasteiger partial charge >= 0.3 is 5.97 Å². The molecule has 25 heavy (non-hydrogen) atoms. The van der Waals surface area contributed by atoms with Gasteiger partial charge in [0.25, 0.3) is 21.8 Å². The van der Waals surface area contributed by atoms with Crippen molar-refractivity contribution in [2.24, 2.45) is 0 Å². The van der Waals surface area contributed by atoms with E-state index in [0.717, 1.165) is 4.31 Å². The summed E-state index contributed by atoms with van der Waals surface area (Å²) in [6, 6.07) is 2.40. The van der Waals surface area contributed by atoms with E-state index in [1.807, 2.05) is 0 Å². The molecule has 0 radical (unpaired) electrons. The predicted molar refractivity (Wildman–Crippen MR) is 86.6 cm³/mol. The van der Waals surface area contributed by atoms with Crippen molar-refractivity contribution in [3.8, 4) is 0 Å². The molecule has 2 aliphatic heterocycles. The Hall–Kier alpha value is -2.42. The number of sulfonamides is 1. The molecule has 1 N–H and O–H groups in total. The van der Waals surface area contributed by atoms with Gasteiger partial charge in [-0.2, -0.15) is 0 Å². The number of aliphatic carboxylic acids is 1. The maximum absolute atomic E-state index is 12.6. The molecular formula is C16H18N2O6S. The smallest absolute Gasteiger partial charge is 0.326 e. The number of rotatable bonds is 3. The molecule has 1 atom stereocenters. The lowest BCUT2D eigenvalue weighted by Gasteiger charge is -2.21. The number of nitrogens with zero attached hydrogens (tertiary/aromatic N) is 2. The molecule has 0 aromatic heterocycles. The van der Waals surface area contributed by atoms with Crippen LogP contribution in [0.1, 0.15) is 47.4 Å². The van der Waals surface area contributed by atoms with Crippen molar-refractivity contribution in [2.75, 3.05) is 6.54 Å². The highest BCUT2D eigenvalue weighted by atomic mass is 32.2. The zero-order valence-electron chi connectivity index (χ0n) is 13.8. The Bertz CT molecular complexity index is 877. The van der Waals surface area contributed by atoms with Crippen LogP contribution in [-0.4, -0.2) is 59.1 Å². The summed E-state index contributed by atoms with van der Waals surface area (Å²) in [4.78, 5) is 37.2. The van der Waals surface area contributed by atoms with E-state index in [4.69, 9.17) is 0 Å². The maximum atomic E-state index is 12.6. The van der Waals surface area contributed by atoms with E-state index < -0.39 is 39.9 Å². The highest BCUT2D eigenvalue weighted by Crippen LogP contribution is 2.33. The summed E-state index contributed by atoms with van der Waals surface area (Å²) in [6.45, 7) is 3.49. The summed E-state index contributed by atoms with van der Waals surface area (Å²) < 4.78 is 26.0. The fourth-order valence-corrected chi connectivity index (χ4v) is 5.12. The maximum Gasteiger partial charge on any atom is 0.326 e. The monoisotopic (exact) mass is 366 g/mol. The van der Waals surface area contributed by atoms with Gasteiger partial charge in [-0.15, -0.1) is 0 Å². The van der Waals surface area contributed by atoms with Crippen LogP contribution in [0.3, 0.4) is 0 Å². The Balaban J connectivity index is 2.01. The van der Waals surface area contributed by atoms with E-state index in [2.05, 4.69) is 0 Å². The Morgan fingerprint density at radius 2 is 1.96 bits per heavy atom. The van der Waals surface area contributed by atoms with Crippen molar-refractivity contribution in [1.29, 1.82) is 0 Å². The van der Waals surface area contributed by atoms with E-state index in [9.17, 15) is 27.9 Å². The molecule has 2 heterocycles. The molecular weight excluding hydrogens is 348 g/mol. The van der Waals surface area contributed by atoms with Crippen LogP contribution in [0.25, 0.3) is 0 Å². The van der Waals surface area contributed by atoms with Crippen molar-refractivity contribution < 1.29 is 27.9 Å². The Morgan fingerprint density at radius 1 is 1.28 bits per heavy atom. The molecule has 1 aromatic rings. The van der Waals surface area contributed by atoms with Crippen LogP contribution in [0.4, 0.5) is 0 Å². The molecule has 134 valence electrons. The summed E-state index contributed by atoms with van der Waals surface area (Å²) in [5.41, 5.74) is 0.0929.